The van der Waals surface area contributed by atoms with E-state index in [1.54, 1.807) is 0 Å². The number of carbonyl (C=O) groups is 3. The van der Waals surface area contributed by atoms with Crippen LogP contribution in [0.3, 0.4) is 0 Å². The Balaban J connectivity index is 1.88. The van der Waals surface area contributed by atoms with E-state index in [0.717, 1.165) is 11.3 Å². The predicted molar refractivity (Wildman–Crippen MR) is 110 cm³/mol. The van der Waals surface area contributed by atoms with E-state index in [0.29, 0.717) is 0 Å². The number of carboxylic acids is 1. The van der Waals surface area contributed by atoms with Gasteiger partial charge in [-0.3, -0.25) is 18.8 Å². The van der Waals surface area contributed by atoms with Crippen LogP contribution in [0, 0.1) is 0 Å². The second kappa shape index (κ2) is 8.71. The lowest BCUT2D eigenvalue weighted by atomic mass is 9.98. The fourth-order valence-electron chi connectivity index (χ4n) is 2.67. The summed E-state index contributed by atoms with van der Waals surface area (Å²) in [5, 5.41) is 20.3. The monoisotopic (exact) mass is 502 g/mol. The molecule has 2 aromatic rings. The number of thiazole rings is 1. The minimum Gasteiger partial charge on any atom is -0.478 e. The van der Waals surface area contributed by atoms with Gasteiger partial charge in [-0.2, -0.15) is 13.5 Å². The molecule has 1 saturated heterocycles. The van der Waals surface area contributed by atoms with Crippen LogP contribution in [0.15, 0.2) is 23.2 Å². The lowest BCUT2D eigenvalue weighted by molar-refractivity contribution is -0.161. The molecule has 0 radical (unpaired) electrons. The average Bonchev–Trinajstić information content (AvgIpc) is 3.36. The van der Waals surface area contributed by atoms with Crippen LogP contribution in [0.4, 0.5) is 5.13 Å². The number of amides is 2. The first-order valence-electron chi connectivity index (χ1n) is 8.96. The molecule has 178 valence electrons. The molecule has 0 aromatic carbocycles. The van der Waals surface area contributed by atoms with E-state index in [4.69, 9.17) is 10.6 Å². The molecule has 0 aliphatic carbocycles. The molecular weight excluding hydrogens is 484 g/mol. The number of aliphatic carboxylic acids is 1. The Morgan fingerprint density at radius 2 is 2.12 bits per heavy atom. The molecule has 16 nitrogen and oxygen atoms in total. The first-order chi connectivity index (χ1) is 15.3. The van der Waals surface area contributed by atoms with Crippen LogP contribution >= 0.6 is 11.3 Å². The zero-order valence-electron chi connectivity index (χ0n) is 17.0. The number of nitrogens with one attached hydrogen (secondary N) is 1. The molecule has 3 heterocycles. The molecule has 33 heavy (non-hydrogen) atoms. The molecule has 2 atom stereocenters. The van der Waals surface area contributed by atoms with E-state index < -0.39 is 51.5 Å². The molecule has 0 bridgehead atoms. The number of aromatic nitrogens is 4. The number of rotatable bonds is 9. The summed E-state index contributed by atoms with van der Waals surface area (Å²) in [5.41, 5.74) is 3.21. The van der Waals surface area contributed by atoms with Gasteiger partial charge in [-0.15, -0.1) is 11.3 Å². The van der Waals surface area contributed by atoms with Gasteiger partial charge >= 0.3 is 16.3 Å². The SMILES string of the molecule is CC(C)(ON=C(C(=O)N[C@@H]1C(=O)N(S(=O)(=O)O)[C@@H]1Cn1cncn1)c1csc(N)n1)C(=O)O. The summed E-state index contributed by atoms with van der Waals surface area (Å²) < 4.78 is 34.0. The first-order valence-corrected chi connectivity index (χ1v) is 11.2. The van der Waals surface area contributed by atoms with Crippen molar-refractivity contribution >= 4 is 50.3 Å². The standard InChI is InChI=1S/C15H18N8O8S2/c1-15(2,13(26)27)31-21-9(7-4-32-14(16)19-7)11(24)20-10-8(3-22-6-17-5-18-22)23(12(10)25)33(28,29)30/h4-6,8,10H,3H2,1-2H3,(H2,16,19)(H,20,24)(H,26,27)(H,28,29,30)/t8-,10+/m1/s1. The van der Waals surface area contributed by atoms with E-state index in [-0.39, 0.29) is 21.7 Å². The number of carbonyl (C=O) groups excluding carboxylic acids is 2. The molecule has 0 unspecified atom stereocenters. The summed E-state index contributed by atoms with van der Waals surface area (Å²) in [5.74, 6) is -3.51. The van der Waals surface area contributed by atoms with Gasteiger partial charge in [0, 0.05) is 5.38 Å². The summed E-state index contributed by atoms with van der Waals surface area (Å²) in [6.45, 7) is 2.16. The molecule has 3 rings (SSSR count). The lowest BCUT2D eigenvalue weighted by Gasteiger charge is -2.43. The van der Waals surface area contributed by atoms with Gasteiger partial charge in [-0.25, -0.2) is 19.1 Å². The van der Waals surface area contributed by atoms with Gasteiger partial charge in [0.05, 0.1) is 12.6 Å². The van der Waals surface area contributed by atoms with Crippen molar-refractivity contribution in [2.45, 2.75) is 38.1 Å². The largest absolute Gasteiger partial charge is 0.478 e. The molecule has 2 aromatic heterocycles. The molecular formula is C15H18N8O8S2. The topological polar surface area (TPSA) is 232 Å². The van der Waals surface area contributed by atoms with Crippen molar-refractivity contribution in [2.75, 3.05) is 5.73 Å². The number of oxime groups is 1. The summed E-state index contributed by atoms with van der Waals surface area (Å²) in [6, 6.07) is -2.64. The summed E-state index contributed by atoms with van der Waals surface area (Å²) in [6.07, 6.45) is 2.42. The Hall–Kier alpha value is -3.64. The van der Waals surface area contributed by atoms with Crippen LogP contribution in [0.1, 0.15) is 19.5 Å². The van der Waals surface area contributed by atoms with Crippen molar-refractivity contribution < 1.29 is 37.3 Å². The van der Waals surface area contributed by atoms with Gasteiger partial charge in [0.1, 0.15) is 24.4 Å². The normalized spacial score (nSPS) is 19.2. The van der Waals surface area contributed by atoms with Gasteiger partial charge in [-0.05, 0) is 13.8 Å². The van der Waals surface area contributed by atoms with Crippen molar-refractivity contribution in [1.82, 2.24) is 29.4 Å². The van der Waals surface area contributed by atoms with Crippen LogP contribution in [-0.2, 0) is 36.1 Å². The van der Waals surface area contributed by atoms with Crippen molar-refractivity contribution in [3.05, 3.63) is 23.7 Å². The Kier molecular flexibility index (Phi) is 6.34. The molecule has 5 N–H and O–H groups in total. The smallest absolute Gasteiger partial charge is 0.362 e. The third-order valence-electron chi connectivity index (χ3n) is 4.40. The molecule has 2 amide bonds. The Bertz CT molecular complexity index is 1210. The van der Waals surface area contributed by atoms with E-state index >= 15 is 0 Å². The van der Waals surface area contributed by atoms with Crippen LogP contribution in [-0.4, -0.2) is 83.3 Å². The highest BCUT2D eigenvalue weighted by Gasteiger charge is 2.54. The highest BCUT2D eigenvalue weighted by atomic mass is 32.2. The van der Waals surface area contributed by atoms with Crippen LogP contribution in [0.5, 0.6) is 0 Å². The van der Waals surface area contributed by atoms with Crippen molar-refractivity contribution in [3.63, 3.8) is 0 Å². The molecule has 1 fully saturated rings. The fourth-order valence-corrected chi connectivity index (χ4v) is 4.09. The third-order valence-corrected chi connectivity index (χ3v) is 6.03. The van der Waals surface area contributed by atoms with E-state index in [1.807, 2.05) is 0 Å². The Morgan fingerprint density at radius 1 is 1.42 bits per heavy atom. The Labute approximate surface area is 189 Å². The van der Waals surface area contributed by atoms with Crippen LogP contribution in [0.2, 0.25) is 0 Å². The lowest BCUT2D eigenvalue weighted by Crippen LogP contribution is -2.73. The summed E-state index contributed by atoms with van der Waals surface area (Å²) in [7, 11) is -4.92. The van der Waals surface area contributed by atoms with E-state index in [9.17, 15) is 32.5 Å². The number of nitrogens with two attached hydrogens (primary N) is 1. The number of nitrogens with zero attached hydrogens (tertiary/aromatic N) is 6. The number of hydrogen-bond donors (Lipinski definition) is 4. The summed E-state index contributed by atoms with van der Waals surface area (Å²) in [4.78, 5) is 49.2. The third kappa shape index (κ3) is 5.07. The number of nitrogen functional groups attached to an aromatic ring is 1. The number of anilines is 1. The quantitative estimate of drug-likeness (QED) is 0.127. The van der Waals surface area contributed by atoms with Gasteiger partial charge in [0.2, 0.25) is 5.60 Å². The minimum absolute atomic E-state index is 0.0672. The maximum atomic E-state index is 12.9. The van der Waals surface area contributed by atoms with Gasteiger partial charge in [-0.1, -0.05) is 5.16 Å². The van der Waals surface area contributed by atoms with Gasteiger partial charge in [0.25, 0.3) is 11.8 Å². The van der Waals surface area contributed by atoms with Gasteiger partial charge in [0.15, 0.2) is 10.8 Å². The second-order valence-corrected chi connectivity index (χ2v) is 9.34. The maximum Gasteiger partial charge on any atom is 0.362 e. The fraction of sp³-hybridized carbons (Fsp3) is 0.400. The zero-order valence-corrected chi connectivity index (χ0v) is 18.6. The Morgan fingerprint density at radius 3 is 2.64 bits per heavy atom. The van der Waals surface area contributed by atoms with Crippen LogP contribution in [0.25, 0.3) is 0 Å². The minimum atomic E-state index is -4.92. The number of hydrogen-bond acceptors (Lipinski definition) is 12. The number of β-lactam (4-membered cyclic amide) rings is 1. The van der Waals surface area contributed by atoms with Crippen LogP contribution < -0.4 is 11.1 Å². The zero-order chi connectivity index (χ0) is 24.6. The summed E-state index contributed by atoms with van der Waals surface area (Å²) >= 11 is 0.964. The highest BCUT2D eigenvalue weighted by Crippen LogP contribution is 2.25. The molecule has 18 heteroatoms. The van der Waals surface area contributed by atoms with Crippen molar-refractivity contribution in [1.29, 1.82) is 0 Å². The second-order valence-electron chi connectivity index (χ2n) is 7.17. The first kappa shape index (κ1) is 24.0. The highest BCUT2D eigenvalue weighted by molar-refractivity contribution is 7.84. The molecule has 0 saturated carbocycles. The van der Waals surface area contributed by atoms with E-state index in [2.05, 4.69) is 25.5 Å². The molecule has 1 aliphatic rings. The predicted octanol–water partition coefficient (Wildman–Crippen LogP) is -1.90. The van der Waals surface area contributed by atoms with Crippen molar-refractivity contribution in [2.24, 2.45) is 5.16 Å². The average molecular weight is 502 g/mol. The maximum absolute atomic E-state index is 12.9. The molecule has 1 aliphatic heterocycles. The van der Waals surface area contributed by atoms with Crippen molar-refractivity contribution in [3.8, 4) is 0 Å². The molecule has 0 spiro atoms. The van der Waals surface area contributed by atoms with Gasteiger partial charge < -0.3 is 21.0 Å². The number of carboxylic acid groups (broad SMARTS) is 1. The van der Waals surface area contributed by atoms with E-state index in [1.165, 1.54) is 36.6 Å².